The Morgan fingerprint density at radius 3 is 2.55 bits per heavy atom. The standard InChI is InChI=1S/C51H67N7O7/c1-9-57-43-17-14-33-26-39(43)40(46(57)38-12-10-19-52-44(38)31(4)64-8)27-51(5,6)29-65-50(63)41-13-11-20-58(54-41)49(62)42(24-32-22-35(33)25-37(59)23-32)53-47(60)45(30(2)3)55(7)48(61)34-18-21-56(28-34)36-15-16-36/h10,12,14,17,19,22-23,25-26,30-31,34,36,41-42,45,54,59H,9,11,13,15-16,18,20-21,24,27-29H2,1-8H3,(H,53,60)/t31-,34-,41-,42-,45?/m0/s1. The van der Waals surface area contributed by atoms with Gasteiger partial charge >= 0.3 is 5.97 Å². The van der Waals surface area contributed by atoms with E-state index in [0.717, 1.165) is 57.5 Å². The fourth-order valence-corrected chi connectivity index (χ4v) is 10.4. The topological polar surface area (TPSA) is 159 Å². The summed E-state index contributed by atoms with van der Waals surface area (Å²) in [7, 11) is 3.38. The molecule has 3 amide bonds. The molecule has 14 nitrogen and oxygen atoms in total. The maximum absolute atomic E-state index is 14.7. The molecule has 348 valence electrons. The molecule has 2 aromatic heterocycles. The van der Waals surface area contributed by atoms with Gasteiger partial charge in [0.25, 0.3) is 5.91 Å². The number of nitrogens with zero attached hydrogens (tertiary/aromatic N) is 5. The zero-order valence-corrected chi connectivity index (χ0v) is 39.4. The van der Waals surface area contributed by atoms with Gasteiger partial charge in [0.15, 0.2) is 0 Å². The average molecular weight is 890 g/mol. The summed E-state index contributed by atoms with van der Waals surface area (Å²) in [6, 6.07) is 13.5. The number of esters is 1. The van der Waals surface area contributed by atoms with Gasteiger partial charge in [0.05, 0.1) is 30.0 Å². The van der Waals surface area contributed by atoms with Crippen LogP contribution in [-0.4, -0.2) is 118 Å². The fourth-order valence-electron chi connectivity index (χ4n) is 10.4. The molecule has 3 N–H and O–H groups in total. The minimum absolute atomic E-state index is 0.0207. The Balaban J connectivity index is 1.20. The first-order valence-corrected chi connectivity index (χ1v) is 23.6. The van der Waals surface area contributed by atoms with Crippen LogP contribution in [0.2, 0.25) is 0 Å². The lowest BCUT2D eigenvalue weighted by Crippen LogP contribution is -2.62. The second-order valence-corrected chi connectivity index (χ2v) is 19.9. The van der Waals surface area contributed by atoms with Crippen molar-refractivity contribution in [2.75, 3.05) is 40.4 Å². The summed E-state index contributed by atoms with van der Waals surface area (Å²) in [6.45, 7) is 14.8. The summed E-state index contributed by atoms with van der Waals surface area (Å²) >= 11 is 0. The van der Waals surface area contributed by atoms with E-state index in [1.54, 1.807) is 37.4 Å². The number of hydrogen-bond donors (Lipinski definition) is 3. The molecule has 2 saturated heterocycles. The van der Waals surface area contributed by atoms with E-state index in [9.17, 15) is 24.3 Å². The van der Waals surface area contributed by atoms with Gasteiger partial charge in [-0.3, -0.25) is 34.1 Å². The maximum Gasteiger partial charge on any atom is 0.324 e. The van der Waals surface area contributed by atoms with E-state index in [1.807, 2.05) is 39.0 Å². The van der Waals surface area contributed by atoms with Crippen molar-refractivity contribution in [3.63, 3.8) is 0 Å². The number of carbonyl (C=O) groups excluding carboxylic acids is 4. The summed E-state index contributed by atoms with van der Waals surface area (Å²) in [5.41, 5.74) is 9.78. The van der Waals surface area contributed by atoms with E-state index >= 15 is 0 Å². The first kappa shape index (κ1) is 46.2. The highest BCUT2D eigenvalue weighted by Gasteiger charge is 2.42. The highest BCUT2D eigenvalue weighted by molar-refractivity contribution is 5.96. The number of pyridine rings is 1. The van der Waals surface area contributed by atoms with Crippen molar-refractivity contribution in [1.82, 2.24) is 35.1 Å². The molecule has 3 fully saturated rings. The third-order valence-corrected chi connectivity index (χ3v) is 14.0. The third-order valence-electron chi connectivity index (χ3n) is 14.0. The van der Waals surface area contributed by atoms with E-state index < -0.39 is 41.3 Å². The van der Waals surface area contributed by atoms with Gasteiger partial charge in [0, 0.05) is 74.3 Å². The van der Waals surface area contributed by atoms with Crippen LogP contribution in [0.4, 0.5) is 0 Å². The van der Waals surface area contributed by atoms with Crippen LogP contribution in [0.15, 0.2) is 54.7 Å². The highest BCUT2D eigenvalue weighted by atomic mass is 16.5. The number of carbonyl (C=O) groups is 4. The van der Waals surface area contributed by atoms with Crippen LogP contribution in [0.1, 0.15) is 96.6 Å². The highest BCUT2D eigenvalue weighted by Crippen LogP contribution is 2.42. The number of benzene rings is 2. The van der Waals surface area contributed by atoms with E-state index in [-0.39, 0.29) is 42.6 Å². The molecule has 1 aliphatic carbocycles. The molecule has 3 aliphatic heterocycles. The summed E-state index contributed by atoms with van der Waals surface area (Å²) in [4.78, 5) is 65.9. The molecule has 1 saturated carbocycles. The molecule has 5 heterocycles. The lowest BCUT2D eigenvalue weighted by molar-refractivity contribution is -0.155. The number of fused-ring (bicyclic) bond motifs is 6. The number of hydrazine groups is 1. The van der Waals surface area contributed by atoms with Gasteiger partial charge in [-0.2, -0.15) is 0 Å². The van der Waals surface area contributed by atoms with E-state index in [1.165, 1.54) is 17.9 Å². The number of rotatable bonds is 10. The molecular weight excluding hydrogens is 823 g/mol. The van der Waals surface area contributed by atoms with Crippen molar-refractivity contribution in [1.29, 1.82) is 0 Å². The van der Waals surface area contributed by atoms with Gasteiger partial charge in [-0.1, -0.05) is 39.8 Å². The quantitative estimate of drug-likeness (QED) is 0.152. The van der Waals surface area contributed by atoms with Gasteiger partial charge in [-0.05, 0) is 123 Å². The van der Waals surface area contributed by atoms with Gasteiger partial charge in [0.2, 0.25) is 11.8 Å². The van der Waals surface area contributed by atoms with Crippen molar-refractivity contribution in [3.05, 3.63) is 71.5 Å². The smallest absolute Gasteiger partial charge is 0.324 e. The number of amides is 3. The Hall–Kier alpha value is -5.31. The van der Waals surface area contributed by atoms with Crippen LogP contribution >= 0.6 is 0 Å². The molecular formula is C51H67N7O7. The number of hydrogen-bond acceptors (Lipinski definition) is 10. The predicted molar refractivity (Wildman–Crippen MR) is 249 cm³/mol. The number of likely N-dealkylation sites (N-methyl/N-ethyl adjacent to an activating group) is 1. The van der Waals surface area contributed by atoms with Crippen LogP contribution < -0.4 is 10.7 Å². The minimum Gasteiger partial charge on any atom is -0.508 e. The molecule has 0 spiro atoms. The normalized spacial score (nSPS) is 22.7. The van der Waals surface area contributed by atoms with Crippen LogP contribution in [0.3, 0.4) is 0 Å². The monoisotopic (exact) mass is 890 g/mol. The Kier molecular flexibility index (Phi) is 13.4. The maximum atomic E-state index is 14.7. The van der Waals surface area contributed by atoms with Gasteiger partial charge in [-0.15, -0.1) is 0 Å². The van der Waals surface area contributed by atoms with E-state index in [2.05, 4.69) is 59.2 Å². The van der Waals surface area contributed by atoms with Gasteiger partial charge in [-0.25, -0.2) is 5.43 Å². The van der Waals surface area contributed by atoms with Crippen LogP contribution in [0.25, 0.3) is 33.3 Å². The van der Waals surface area contributed by atoms with Crippen molar-refractivity contribution >= 4 is 34.6 Å². The van der Waals surface area contributed by atoms with Crippen molar-refractivity contribution in [2.24, 2.45) is 17.3 Å². The molecule has 2 aromatic carbocycles. The second kappa shape index (κ2) is 18.9. The number of aromatic hydroxyl groups is 1. The van der Waals surface area contributed by atoms with E-state index in [4.69, 9.17) is 14.5 Å². The number of aromatic nitrogens is 2. The van der Waals surface area contributed by atoms with Gasteiger partial charge in [0.1, 0.15) is 23.9 Å². The molecule has 4 aliphatic rings. The Morgan fingerprint density at radius 2 is 1.83 bits per heavy atom. The average Bonchev–Trinajstić information content (AvgIpc) is 3.94. The number of nitrogens with one attached hydrogen (secondary N) is 2. The molecule has 65 heavy (non-hydrogen) atoms. The Morgan fingerprint density at radius 1 is 1.05 bits per heavy atom. The molecule has 4 aromatic rings. The van der Waals surface area contributed by atoms with Crippen LogP contribution in [-0.2, 0) is 48.0 Å². The van der Waals surface area contributed by atoms with Gasteiger partial charge < -0.3 is 29.4 Å². The molecule has 6 bridgehead atoms. The lowest BCUT2D eigenvalue weighted by Gasteiger charge is -2.37. The number of methoxy groups -OCH3 is 1. The predicted octanol–water partition coefficient (Wildman–Crippen LogP) is 6.42. The third kappa shape index (κ3) is 9.67. The van der Waals surface area contributed by atoms with Crippen molar-refractivity contribution in [2.45, 2.75) is 123 Å². The molecule has 8 rings (SSSR count). The lowest BCUT2D eigenvalue weighted by atomic mass is 9.84. The molecule has 1 unspecified atom stereocenters. The number of ether oxygens (including phenoxy) is 2. The SMILES string of the molecule is CCn1c(-c2cccnc2[C@H](C)OC)c2c3cc(ccc31)-c1cc(O)cc(c1)C[C@H](NC(=O)C(C(C)C)N(C)C(=O)[C@H]1CCN(C3CC3)C1)C(=O)N1CCC[C@H](N1)C(=O)OCC(C)(C)C2. The van der Waals surface area contributed by atoms with Crippen LogP contribution in [0.5, 0.6) is 5.75 Å². The zero-order chi connectivity index (χ0) is 46.3. The van der Waals surface area contributed by atoms with E-state index in [0.29, 0.717) is 50.5 Å². The zero-order valence-electron chi connectivity index (χ0n) is 39.4. The Bertz CT molecular complexity index is 2440. The number of cyclic esters (lactones) is 1. The molecule has 5 atom stereocenters. The largest absolute Gasteiger partial charge is 0.508 e. The van der Waals surface area contributed by atoms with Crippen molar-refractivity contribution < 1.29 is 33.8 Å². The number of aryl methyl sites for hydroxylation is 1. The number of phenols is 1. The summed E-state index contributed by atoms with van der Waals surface area (Å²) < 4.78 is 14.2. The summed E-state index contributed by atoms with van der Waals surface area (Å²) in [5, 5.41) is 16.9. The molecule has 0 radical (unpaired) electrons. The number of phenolic OH excluding ortho intramolecular Hbond substituents is 1. The van der Waals surface area contributed by atoms with Crippen molar-refractivity contribution in [3.8, 4) is 28.1 Å². The van der Waals surface area contributed by atoms with Crippen LogP contribution in [0, 0.1) is 17.3 Å². The number of likely N-dealkylation sites (tertiary alicyclic amines) is 1. The summed E-state index contributed by atoms with van der Waals surface area (Å²) in [6.07, 6.45) is 6.22. The molecule has 14 heteroatoms. The Labute approximate surface area is 383 Å². The summed E-state index contributed by atoms with van der Waals surface area (Å²) in [5.74, 6) is -1.80. The first-order chi connectivity index (χ1) is 31.1. The fraction of sp³-hybridized carbons (Fsp3) is 0.549. The first-order valence-electron chi connectivity index (χ1n) is 23.6. The second-order valence-electron chi connectivity index (χ2n) is 19.9. The minimum atomic E-state index is -1.10.